The summed E-state index contributed by atoms with van der Waals surface area (Å²) in [6.45, 7) is 0.397. The van der Waals surface area contributed by atoms with Crippen molar-refractivity contribution in [1.29, 1.82) is 0 Å². The number of nitrogens with two attached hydrogens (primary N) is 1. The summed E-state index contributed by atoms with van der Waals surface area (Å²) < 4.78 is 11.1. The molecule has 130 valence electrons. The Balaban J connectivity index is 1.62. The van der Waals surface area contributed by atoms with Gasteiger partial charge in [-0.3, -0.25) is 4.79 Å². The Morgan fingerprint density at radius 2 is 1.81 bits per heavy atom. The van der Waals surface area contributed by atoms with Gasteiger partial charge in [0, 0.05) is 21.6 Å². The largest absolute Gasteiger partial charge is 0.488 e. The molecule has 26 heavy (non-hydrogen) atoms. The number of benzene rings is 2. The Labute approximate surface area is 154 Å². The standard InChI is InChI=1S/C20H15NO4S/c21-19(22)17(12-6-2-1-3-7-12)25-20(23)16-10-13-11-24-15-9-5-4-8-14(15)18(13)26-16/h1-10,17H,11H2,(H2,21,22)/t17-/m1/s1. The first-order chi connectivity index (χ1) is 12.6. The zero-order valence-corrected chi connectivity index (χ0v) is 14.5. The van der Waals surface area contributed by atoms with Crippen LogP contribution in [-0.4, -0.2) is 11.9 Å². The Morgan fingerprint density at radius 3 is 2.58 bits per heavy atom. The van der Waals surface area contributed by atoms with Crippen LogP contribution in [0.15, 0.2) is 60.7 Å². The Morgan fingerprint density at radius 1 is 1.08 bits per heavy atom. The second-order valence-corrected chi connectivity index (χ2v) is 6.90. The molecule has 4 rings (SSSR count). The van der Waals surface area contributed by atoms with Gasteiger partial charge in [0.05, 0.1) is 0 Å². The number of amides is 1. The maximum absolute atomic E-state index is 12.6. The molecule has 0 spiro atoms. The summed E-state index contributed by atoms with van der Waals surface area (Å²) in [5.41, 5.74) is 7.85. The minimum atomic E-state index is -1.12. The maximum atomic E-state index is 12.6. The molecule has 0 radical (unpaired) electrons. The molecule has 0 saturated heterocycles. The second-order valence-electron chi connectivity index (χ2n) is 5.85. The van der Waals surface area contributed by atoms with Gasteiger partial charge in [-0.1, -0.05) is 42.5 Å². The van der Waals surface area contributed by atoms with Gasteiger partial charge in [0.2, 0.25) is 6.10 Å². The van der Waals surface area contributed by atoms with Gasteiger partial charge in [0.1, 0.15) is 17.2 Å². The van der Waals surface area contributed by atoms with Crippen LogP contribution in [0.25, 0.3) is 10.4 Å². The van der Waals surface area contributed by atoms with Crippen molar-refractivity contribution in [2.45, 2.75) is 12.7 Å². The molecule has 1 aliphatic heterocycles. The van der Waals surface area contributed by atoms with Gasteiger partial charge >= 0.3 is 5.97 Å². The van der Waals surface area contributed by atoms with Gasteiger partial charge in [-0.2, -0.15) is 0 Å². The van der Waals surface area contributed by atoms with Crippen LogP contribution in [0.3, 0.4) is 0 Å². The van der Waals surface area contributed by atoms with Crippen molar-refractivity contribution in [1.82, 2.24) is 0 Å². The first kappa shape index (κ1) is 16.4. The van der Waals surface area contributed by atoms with Crippen LogP contribution in [0.2, 0.25) is 0 Å². The molecule has 0 unspecified atom stereocenters. The lowest BCUT2D eigenvalue weighted by Gasteiger charge is -2.16. The summed E-state index contributed by atoms with van der Waals surface area (Å²) in [5.74, 6) is -0.491. The second kappa shape index (κ2) is 6.65. The number of carbonyl (C=O) groups is 2. The van der Waals surface area contributed by atoms with E-state index in [2.05, 4.69) is 0 Å². The monoisotopic (exact) mass is 365 g/mol. The average Bonchev–Trinajstić information content (AvgIpc) is 3.11. The number of fused-ring (bicyclic) bond motifs is 3. The number of hydrogen-bond donors (Lipinski definition) is 1. The summed E-state index contributed by atoms with van der Waals surface area (Å²) in [5, 5.41) is 0. The van der Waals surface area contributed by atoms with Crippen LogP contribution in [0.4, 0.5) is 0 Å². The quantitative estimate of drug-likeness (QED) is 0.715. The van der Waals surface area contributed by atoms with Gasteiger partial charge in [-0.25, -0.2) is 4.79 Å². The highest BCUT2D eigenvalue weighted by atomic mass is 32.1. The number of thiophene rings is 1. The fourth-order valence-corrected chi connectivity index (χ4v) is 3.96. The predicted molar refractivity (Wildman–Crippen MR) is 97.9 cm³/mol. The molecular weight excluding hydrogens is 350 g/mol. The number of para-hydroxylation sites is 1. The minimum absolute atomic E-state index is 0.397. The van der Waals surface area contributed by atoms with Crippen molar-refractivity contribution >= 4 is 23.2 Å². The number of ether oxygens (including phenoxy) is 2. The van der Waals surface area contributed by atoms with Gasteiger partial charge < -0.3 is 15.2 Å². The lowest BCUT2D eigenvalue weighted by Crippen LogP contribution is -2.26. The zero-order chi connectivity index (χ0) is 18.1. The summed E-state index contributed by atoms with van der Waals surface area (Å²) in [7, 11) is 0. The van der Waals surface area contributed by atoms with Gasteiger partial charge in [-0.05, 0) is 18.2 Å². The average molecular weight is 365 g/mol. The molecule has 1 aliphatic rings. The summed E-state index contributed by atoms with van der Waals surface area (Å²) in [6, 6.07) is 18.2. The molecule has 2 N–H and O–H groups in total. The van der Waals surface area contributed by atoms with Crippen LogP contribution in [0, 0.1) is 0 Å². The fraction of sp³-hybridized carbons (Fsp3) is 0.100. The van der Waals surface area contributed by atoms with E-state index < -0.39 is 18.0 Å². The highest BCUT2D eigenvalue weighted by Gasteiger charge is 2.27. The molecule has 5 nitrogen and oxygen atoms in total. The van der Waals surface area contributed by atoms with Crippen LogP contribution in [0.5, 0.6) is 5.75 Å². The van der Waals surface area contributed by atoms with E-state index in [1.165, 1.54) is 11.3 Å². The maximum Gasteiger partial charge on any atom is 0.349 e. The molecule has 0 bridgehead atoms. The van der Waals surface area contributed by atoms with E-state index in [-0.39, 0.29) is 0 Å². The van der Waals surface area contributed by atoms with Gasteiger partial charge in [0.25, 0.3) is 5.91 Å². The van der Waals surface area contributed by atoms with E-state index in [9.17, 15) is 9.59 Å². The van der Waals surface area contributed by atoms with Gasteiger partial charge in [-0.15, -0.1) is 11.3 Å². The van der Waals surface area contributed by atoms with Crippen LogP contribution < -0.4 is 10.5 Å². The summed E-state index contributed by atoms with van der Waals surface area (Å²) in [6.07, 6.45) is -1.12. The summed E-state index contributed by atoms with van der Waals surface area (Å²) >= 11 is 1.33. The van der Waals surface area contributed by atoms with E-state index in [1.54, 1.807) is 30.3 Å². The molecule has 0 aliphatic carbocycles. The zero-order valence-electron chi connectivity index (χ0n) is 13.7. The smallest absolute Gasteiger partial charge is 0.349 e. The lowest BCUT2D eigenvalue weighted by atomic mass is 10.1. The van der Waals surface area contributed by atoms with Crippen molar-refractivity contribution in [3.8, 4) is 16.2 Å². The number of primary amides is 1. The van der Waals surface area contributed by atoms with Crippen molar-refractivity contribution in [2.75, 3.05) is 0 Å². The third-order valence-corrected chi connectivity index (χ3v) is 5.30. The third-order valence-electron chi connectivity index (χ3n) is 4.11. The molecular formula is C20H15NO4S. The van der Waals surface area contributed by atoms with Crippen LogP contribution in [-0.2, 0) is 16.1 Å². The summed E-state index contributed by atoms with van der Waals surface area (Å²) in [4.78, 5) is 25.8. The highest BCUT2D eigenvalue weighted by molar-refractivity contribution is 7.17. The molecule has 0 saturated carbocycles. The normalized spacial score (nSPS) is 13.1. The van der Waals surface area contributed by atoms with Crippen molar-refractivity contribution in [3.63, 3.8) is 0 Å². The first-order valence-electron chi connectivity index (χ1n) is 8.03. The SMILES string of the molecule is NC(=O)[C@H](OC(=O)c1cc2c(s1)-c1ccccc1OC2)c1ccccc1. The third kappa shape index (κ3) is 2.95. The Bertz CT molecular complexity index is 980. The van der Waals surface area contributed by atoms with Crippen molar-refractivity contribution < 1.29 is 19.1 Å². The highest BCUT2D eigenvalue weighted by Crippen LogP contribution is 2.42. The number of esters is 1. The molecule has 3 aromatic rings. The molecule has 6 heteroatoms. The Kier molecular flexibility index (Phi) is 4.18. The molecule has 1 amide bonds. The van der Waals surface area contributed by atoms with E-state index in [4.69, 9.17) is 15.2 Å². The van der Waals surface area contributed by atoms with Gasteiger partial charge in [0.15, 0.2) is 0 Å². The molecule has 0 fully saturated rings. The number of hydrogen-bond acceptors (Lipinski definition) is 5. The van der Waals surface area contributed by atoms with E-state index >= 15 is 0 Å². The molecule has 1 atom stereocenters. The molecule has 2 heterocycles. The Hall–Kier alpha value is -3.12. The number of rotatable bonds is 4. The van der Waals surface area contributed by atoms with E-state index in [0.717, 1.165) is 21.8 Å². The minimum Gasteiger partial charge on any atom is -0.488 e. The molecule has 1 aromatic heterocycles. The predicted octanol–water partition coefficient (Wildman–Crippen LogP) is 3.69. The van der Waals surface area contributed by atoms with Crippen molar-refractivity contribution in [2.24, 2.45) is 5.73 Å². The lowest BCUT2D eigenvalue weighted by molar-refractivity contribution is -0.127. The van der Waals surface area contributed by atoms with E-state index in [0.29, 0.717) is 17.0 Å². The van der Waals surface area contributed by atoms with Crippen LogP contribution >= 0.6 is 11.3 Å². The number of carbonyl (C=O) groups excluding carboxylic acids is 2. The fourth-order valence-electron chi connectivity index (χ4n) is 2.88. The first-order valence-corrected chi connectivity index (χ1v) is 8.85. The van der Waals surface area contributed by atoms with Crippen molar-refractivity contribution in [3.05, 3.63) is 76.7 Å². The topological polar surface area (TPSA) is 78.6 Å². The molecule has 2 aromatic carbocycles. The van der Waals surface area contributed by atoms with Crippen LogP contribution in [0.1, 0.15) is 26.9 Å². The van der Waals surface area contributed by atoms with E-state index in [1.807, 2.05) is 30.3 Å².